The van der Waals surface area contributed by atoms with Crippen LogP contribution in [0.15, 0.2) is 29.9 Å². The zero-order chi connectivity index (χ0) is 26.1. The van der Waals surface area contributed by atoms with Crippen LogP contribution in [0.3, 0.4) is 0 Å². The summed E-state index contributed by atoms with van der Waals surface area (Å²) in [5.74, 6) is 1.05. The summed E-state index contributed by atoms with van der Waals surface area (Å²) < 4.78 is 40.2. The number of epoxide rings is 2. The molecule has 8 nitrogen and oxygen atoms in total. The minimum absolute atomic E-state index is 0.0174. The van der Waals surface area contributed by atoms with E-state index in [9.17, 15) is 4.79 Å². The molecule has 4 rings (SSSR count). The van der Waals surface area contributed by atoms with Gasteiger partial charge in [0.2, 0.25) is 5.75 Å². The number of benzene rings is 1. The maximum absolute atomic E-state index is 12.8. The van der Waals surface area contributed by atoms with Crippen LogP contribution in [0.4, 0.5) is 0 Å². The maximum Gasteiger partial charge on any atom is 0.331 e. The molecule has 1 unspecified atom stereocenters. The Labute approximate surface area is 213 Å². The number of hydrogen-bond donors (Lipinski definition) is 0. The summed E-state index contributed by atoms with van der Waals surface area (Å²) >= 11 is 0. The van der Waals surface area contributed by atoms with E-state index in [1.54, 1.807) is 46.6 Å². The summed E-state index contributed by atoms with van der Waals surface area (Å²) in [5, 5.41) is 0. The first kappa shape index (κ1) is 26.5. The third-order valence-electron chi connectivity index (χ3n) is 7.60. The highest BCUT2D eigenvalue weighted by atomic mass is 16.6. The first-order valence-corrected chi connectivity index (χ1v) is 12.4. The van der Waals surface area contributed by atoms with Crippen molar-refractivity contribution in [1.82, 2.24) is 0 Å². The quantitative estimate of drug-likeness (QED) is 0.202. The molecule has 1 saturated carbocycles. The average Bonchev–Trinajstić information content (AvgIpc) is 3.78. The van der Waals surface area contributed by atoms with Crippen LogP contribution in [0.1, 0.15) is 45.6 Å². The van der Waals surface area contributed by atoms with E-state index in [1.165, 1.54) is 11.6 Å². The van der Waals surface area contributed by atoms with Crippen LogP contribution in [0.2, 0.25) is 0 Å². The van der Waals surface area contributed by atoms with Gasteiger partial charge in [-0.1, -0.05) is 11.6 Å². The number of carbonyl (C=O) groups excluding carboxylic acids is 1. The summed E-state index contributed by atoms with van der Waals surface area (Å²) in [4.78, 5) is 12.8. The van der Waals surface area contributed by atoms with Crippen molar-refractivity contribution in [2.75, 3.05) is 35.0 Å². The molecule has 2 heterocycles. The molecule has 36 heavy (non-hydrogen) atoms. The highest BCUT2D eigenvalue weighted by Crippen LogP contribution is 2.59. The zero-order valence-corrected chi connectivity index (χ0v) is 22.3. The lowest BCUT2D eigenvalue weighted by Gasteiger charge is -2.42. The highest BCUT2D eigenvalue weighted by molar-refractivity contribution is 5.87. The van der Waals surface area contributed by atoms with Gasteiger partial charge < -0.3 is 33.2 Å². The van der Waals surface area contributed by atoms with Crippen molar-refractivity contribution < 1.29 is 38.0 Å². The highest BCUT2D eigenvalue weighted by Gasteiger charge is 2.72. The van der Waals surface area contributed by atoms with Gasteiger partial charge in [-0.2, -0.15) is 0 Å². The van der Waals surface area contributed by atoms with E-state index in [0.717, 1.165) is 18.4 Å². The molecule has 0 aromatic heterocycles. The predicted octanol–water partition coefficient (Wildman–Crippen LogP) is 4.35. The molecule has 198 valence electrons. The van der Waals surface area contributed by atoms with Crippen LogP contribution in [-0.2, 0) is 23.7 Å². The van der Waals surface area contributed by atoms with E-state index in [-0.39, 0.29) is 29.3 Å². The van der Waals surface area contributed by atoms with Crippen molar-refractivity contribution in [3.63, 3.8) is 0 Å². The molecule has 1 aliphatic carbocycles. The number of ether oxygens (including phenoxy) is 7. The molecular formula is C28H38O8. The van der Waals surface area contributed by atoms with E-state index < -0.39 is 12.1 Å². The topological polar surface area (TPSA) is 88.3 Å². The van der Waals surface area contributed by atoms with Crippen molar-refractivity contribution in [3.05, 3.63) is 35.4 Å². The Balaban J connectivity index is 1.47. The fourth-order valence-corrected chi connectivity index (χ4v) is 5.62. The first-order valence-electron chi connectivity index (χ1n) is 12.4. The third-order valence-corrected chi connectivity index (χ3v) is 7.60. The van der Waals surface area contributed by atoms with Crippen LogP contribution in [0, 0.1) is 5.92 Å². The van der Waals surface area contributed by atoms with Gasteiger partial charge >= 0.3 is 5.97 Å². The van der Waals surface area contributed by atoms with Crippen LogP contribution in [-0.4, -0.2) is 70.5 Å². The Bertz CT molecular complexity index is 997. The number of hydrogen-bond acceptors (Lipinski definition) is 8. The number of methoxy groups -OCH3 is 4. The number of rotatable bonds is 10. The van der Waals surface area contributed by atoms with Crippen LogP contribution < -0.4 is 14.2 Å². The van der Waals surface area contributed by atoms with E-state index >= 15 is 0 Å². The van der Waals surface area contributed by atoms with Crippen LogP contribution >= 0.6 is 0 Å². The molecule has 0 radical (unpaired) electrons. The normalized spacial score (nSPS) is 32.8. The largest absolute Gasteiger partial charge is 0.493 e. The van der Waals surface area contributed by atoms with Gasteiger partial charge in [-0.15, -0.1) is 0 Å². The van der Waals surface area contributed by atoms with Gasteiger partial charge in [-0.3, -0.25) is 0 Å². The molecule has 3 aliphatic rings. The molecule has 1 spiro atoms. The van der Waals surface area contributed by atoms with Crippen molar-refractivity contribution in [2.45, 2.75) is 69.5 Å². The Morgan fingerprint density at radius 3 is 2.31 bits per heavy atom. The second-order valence-electron chi connectivity index (χ2n) is 10.1. The molecule has 1 aromatic carbocycles. The zero-order valence-electron chi connectivity index (χ0n) is 22.3. The predicted molar refractivity (Wildman–Crippen MR) is 135 cm³/mol. The minimum Gasteiger partial charge on any atom is -0.493 e. The van der Waals surface area contributed by atoms with Gasteiger partial charge in [0.25, 0.3) is 0 Å². The SMILES string of the molecule is COc1cc(/C=C/C(=O)O[C@@H]2CC[C@]3(CO3)[C@@H](C3(C)O[C@@H]3CC=C(C)C)[C@@H]2OC)cc(OC)c1OC. The second kappa shape index (κ2) is 10.4. The Hall–Kier alpha value is -2.55. The molecule has 1 aromatic rings. The van der Waals surface area contributed by atoms with Crippen molar-refractivity contribution >= 4 is 12.0 Å². The van der Waals surface area contributed by atoms with Gasteiger partial charge in [-0.25, -0.2) is 4.79 Å². The van der Waals surface area contributed by atoms with Crippen molar-refractivity contribution in [2.24, 2.45) is 5.92 Å². The van der Waals surface area contributed by atoms with Gasteiger partial charge in [0.05, 0.1) is 40.0 Å². The molecule has 2 aliphatic heterocycles. The molecule has 0 N–H and O–H groups in total. The summed E-state index contributed by atoms with van der Waals surface area (Å²) in [7, 11) is 6.31. The standard InChI is InChI=1S/C28H38O8/c1-17(2)8-10-22-27(3,36-22)26-25(33-7)19(12-13-28(26)16-34-28)35-23(29)11-9-18-14-20(30-4)24(32-6)21(15-18)31-5/h8-9,11,14-15,19,22,25-26H,10,12-13,16H2,1-7H3/b11-9+/t19-,22-,25-,26-,27?,28+/m1/s1. The van der Waals surface area contributed by atoms with Crippen molar-refractivity contribution in [3.8, 4) is 17.2 Å². The number of allylic oxidation sites excluding steroid dienone is 1. The summed E-state index contributed by atoms with van der Waals surface area (Å²) in [6.07, 6.45) is 7.00. The number of carbonyl (C=O) groups is 1. The molecule has 2 saturated heterocycles. The molecule has 0 amide bonds. The average molecular weight is 503 g/mol. The van der Waals surface area contributed by atoms with Crippen LogP contribution in [0.5, 0.6) is 17.2 Å². The summed E-state index contributed by atoms with van der Waals surface area (Å²) in [6, 6.07) is 3.54. The molecular weight excluding hydrogens is 464 g/mol. The fraction of sp³-hybridized carbons (Fsp3) is 0.607. The Kier molecular flexibility index (Phi) is 7.69. The van der Waals surface area contributed by atoms with Gasteiger partial charge in [0.15, 0.2) is 11.5 Å². The van der Waals surface area contributed by atoms with E-state index in [1.807, 2.05) is 0 Å². The summed E-state index contributed by atoms with van der Waals surface area (Å²) in [6.45, 7) is 6.99. The lowest BCUT2D eigenvalue weighted by molar-refractivity contribution is -0.166. The fourth-order valence-electron chi connectivity index (χ4n) is 5.62. The van der Waals surface area contributed by atoms with Crippen LogP contribution in [0.25, 0.3) is 6.08 Å². The van der Waals surface area contributed by atoms with E-state index in [0.29, 0.717) is 30.3 Å². The lowest BCUT2D eigenvalue weighted by Crippen LogP contribution is -2.55. The van der Waals surface area contributed by atoms with Gasteiger partial charge in [0.1, 0.15) is 23.4 Å². The molecule has 6 atom stereocenters. The molecule has 8 heteroatoms. The smallest absolute Gasteiger partial charge is 0.331 e. The Morgan fingerprint density at radius 2 is 1.78 bits per heavy atom. The van der Waals surface area contributed by atoms with Crippen molar-refractivity contribution in [1.29, 1.82) is 0 Å². The van der Waals surface area contributed by atoms with E-state index in [2.05, 4.69) is 26.8 Å². The Morgan fingerprint density at radius 1 is 1.11 bits per heavy atom. The molecule has 0 bridgehead atoms. The van der Waals surface area contributed by atoms with E-state index in [4.69, 9.17) is 33.2 Å². The second-order valence-corrected chi connectivity index (χ2v) is 10.1. The minimum atomic E-state index is -0.440. The number of esters is 1. The maximum atomic E-state index is 12.8. The van der Waals surface area contributed by atoms with Gasteiger partial charge in [-0.05, 0) is 63.8 Å². The first-order chi connectivity index (χ1) is 17.2. The van der Waals surface area contributed by atoms with Gasteiger partial charge in [0, 0.05) is 13.2 Å². The third kappa shape index (κ3) is 5.12. The monoisotopic (exact) mass is 502 g/mol. The summed E-state index contributed by atoms with van der Waals surface area (Å²) in [5.41, 5.74) is 1.35. The lowest BCUT2D eigenvalue weighted by atomic mass is 9.68. The molecule has 3 fully saturated rings.